The molecule has 0 amide bonds. The van der Waals surface area contributed by atoms with Gasteiger partial charge in [0, 0.05) is 40.9 Å². The molecule has 1 heterocycles. The topological polar surface area (TPSA) is 15.3 Å². The second-order valence-corrected chi connectivity index (χ2v) is 6.77. The molecule has 4 heteroatoms. The van der Waals surface area contributed by atoms with Crippen molar-refractivity contribution in [2.24, 2.45) is 0 Å². The molecule has 2 nitrogen and oxygen atoms in total. The van der Waals surface area contributed by atoms with E-state index in [0.29, 0.717) is 6.04 Å². The zero-order valence-electron chi connectivity index (χ0n) is 11.7. The summed E-state index contributed by atoms with van der Waals surface area (Å²) < 4.78 is 1.02. The quantitative estimate of drug-likeness (QED) is 0.838. The normalized spacial score (nSPS) is 18.9. The van der Waals surface area contributed by atoms with Gasteiger partial charge in [0.25, 0.3) is 0 Å². The van der Waals surface area contributed by atoms with Crippen LogP contribution in [0.5, 0.6) is 0 Å². The Balaban J connectivity index is 1.57. The molecule has 1 saturated heterocycles. The molecule has 1 N–H and O–H groups in total. The fourth-order valence-corrected chi connectivity index (χ4v) is 3.56. The molecule has 2 aromatic carbocycles. The minimum atomic E-state index is 0.492. The van der Waals surface area contributed by atoms with Crippen LogP contribution < -0.4 is 5.32 Å². The number of nitrogens with zero attached hydrogens (tertiary/aromatic N) is 1. The minimum absolute atomic E-state index is 0.492. The van der Waals surface area contributed by atoms with Crippen molar-refractivity contribution in [3.63, 3.8) is 0 Å². The van der Waals surface area contributed by atoms with Crippen molar-refractivity contribution in [2.45, 2.75) is 19.0 Å². The third kappa shape index (κ3) is 4.00. The van der Waals surface area contributed by atoms with Crippen molar-refractivity contribution in [2.75, 3.05) is 18.4 Å². The summed E-state index contributed by atoms with van der Waals surface area (Å²) in [4.78, 5) is 2.50. The third-order valence-electron chi connectivity index (χ3n) is 3.81. The van der Waals surface area contributed by atoms with Crippen LogP contribution in [0.3, 0.4) is 0 Å². The first-order chi connectivity index (χ1) is 10.2. The lowest BCUT2D eigenvalue weighted by molar-refractivity contribution is 0.328. The minimum Gasteiger partial charge on any atom is -0.380 e. The van der Waals surface area contributed by atoms with Gasteiger partial charge in [0.05, 0.1) is 0 Å². The first kappa shape index (κ1) is 14.9. The molecule has 1 aliphatic heterocycles. The Kier molecular flexibility index (Phi) is 4.84. The van der Waals surface area contributed by atoms with Gasteiger partial charge in [0.1, 0.15) is 0 Å². The molecule has 110 valence electrons. The monoisotopic (exact) mass is 364 g/mol. The maximum Gasteiger partial charge on any atom is 0.0488 e. The van der Waals surface area contributed by atoms with Crippen LogP contribution in [0, 0.1) is 0 Å². The van der Waals surface area contributed by atoms with Gasteiger partial charge in [-0.05, 0) is 46.1 Å². The fourth-order valence-electron chi connectivity index (χ4n) is 2.76. The molecule has 1 aliphatic rings. The summed E-state index contributed by atoms with van der Waals surface area (Å²) in [5.74, 6) is 0. The summed E-state index contributed by atoms with van der Waals surface area (Å²) >= 11 is 9.54. The molecule has 0 aromatic heterocycles. The van der Waals surface area contributed by atoms with E-state index < -0.39 is 0 Å². The van der Waals surface area contributed by atoms with Crippen molar-refractivity contribution in [3.05, 3.63) is 63.6 Å². The first-order valence-corrected chi connectivity index (χ1v) is 8.36. The highest BCUT2D eigenvalue weighted by atomic mass is 79.9. The molecule has 0 bridgehead atoms. The lowest BCUT2D eigenvalue weighted by Gasteiger charge is -2.18. The molecule has 1 fully saturated rings. The molecule has 0 saturated carbocycles. The van der Waals surface area contributed by atoms with Crippen LogP contribution in [-0.4, -0.2) is 24.0 Å². The second kappa shape index (κ2) is 6.82. The molecular weight excluding hydrogens is 348 g/mol. The van der Waals surface area contributed by atoms with E-state index in [1.807, 2.05) is 18.2 Å². The van der Waals surface area contributed by atoms with Gasteiger partial charge < -0.3 is 5.32 Å². The molecule has 3 rings (SSSR count). The Morgan fingerprint density at radius 2 is 2.00 bits per heavy atom. The summed E-state index contributed by atoms with van der Waals surface area (Å²) in [7, 11) is 0. The summed E-state index contributed by atoms with van der Waals surface area (Å²) in [5, 5.41) is 4.36. The van der Waals surface area contributed by atoms with Gasteiger partial charge in [-0.25, -0.2) is 0 Å². The Bertz CT molecular complexity index is 603. The number of hydrogen-bond donors (Lipinski definition) is 1. The Hall–Kier alpha value is -1.03. The molecule has 0 radical (unpaired) electrons. The fraction of sp³-hybridized carbons (Fsp3) is 0.294. The Morgan fingerprint density at radius 3 is 2.76 bits per heavy atom. The van der Waals surface area contributed by atoms with Gasteiger partial charge in [0.2, 0.25) is 0 Å². The summed E-state index contributed by atoms with van der Waals surface area (Å²) in [6, 6.07) is 17.0. The number of likely N-dealkylation sites (tertiary alicyclic amines) is 1. The number of anilines is 1. The number of halogens is 2. The molecule has 2 aromatic rings. The lowest BCUT2D eigenvalue weighted by Crippen LogP contribution is -2.26. The van der Waals surface area contributed by atoms with Crippen LogP contribution in [0.2, 0.25) is 5.02 Å². The van der Waals surface area contributed by atoms with E-state index in [4.69, 9.17) is 11.6 Å². The van der Waals surface area contributed by atoms with Crippen LogP contribution in [0.4, 0.5) is 5.69 Å². The van der Waals surface area contributed by atoms with E-state index in [2.05, 4.69) is 56.5 Å². The second-order valence-electron chi connectivity index (χ2n) is 5.47. The van der Waals surface area contributed by atoms with Crippen molar-refractivity contribution in [1.29, 1.82) is 0 Å². The number of benzene rings is 2. The van der Waals surface area contributed by atoms with Crippen molar-refractivity contribution < 1.29 is 0 Å². The van der Waals surface area contributed by atoms with Crippen LogP contribution in [0.1, 0.15) is 12.0 Å². The highest BCUT2D eigenvalue weighted by Crippen LogP contribution is 2.28. The van der Waals surface area contributed by atoms with E-state index in [0.717, 1.165) is 34.8 Å². The third-order valence-corrected chi connectivity index (χ3v) is 4.70. The van der Waals surface area contributed by atoms with Gasteiger partial charge in [-0.1, -0.05) is 41.9 Å². The molecule has 1 atom stereocenters. The number of nitrogens with one attached hydrogen (secondary N) is 1. The van der Waals surface area contributed by atoms with Gasteiger partial charge >= 0.3 is 0 Å². The van der Waals surface area contributed by atoms with Crippen molar-refractivity contribution >= 4 is 33.2 Å². The van der Waals surface area contributed by atoms with Crippen molar-refractivity contribution in [1.82, 2.24) is 4.90 Å². The smallest absolute Gasteiger partial charge is 0.0488 e. The molecule has 0 aliphatic carbocycles. The maximum atomic E-state index is 5.98. The van der Waals surface area contributed by atoms with E-state index in [-0.39, 0.29) is 0 Å². The van der Waals surface area contributed by atoms with Gasteiger partial charge in [-0.2, -0.15) is 0 Å². The Morgan fingerprint density at radius 1 is 1.19 bits per heavy atom. The number of rotatable bonds is 4. The van der Waals surface area contributed by atoms with E-state index in [1.165, 1.54) is 12.0 Å². The predicted octanol–water partition coefficient (Wildman–Crippen LogP) is 4.79. The maximum absolute atomic E-state index is 5.98. The summed E-state index contributed by atoms with van der Waals surface area (Å²) in [5.41, 5.74) is 2.50. The largest absolute Gasteiger partial charge is 0.380 e. The highest BCUT2D eigenvalue weighted by Gasteiger charge is 2.22. The van der Waals surface area contributed by atoms with Crippen molar-refractivity contribution in [3.8, 4) is 0 Å². The zero-order chi connectivity index (χ0) is 14.7. The van der Waals surface area contributed by atoms with E-state index in [1.54, 1.807) is 0 Å². The predicted molar refractivity (Wildman–Crippen MR) is 92.9 cm³/mol. The zero-order valence-corrected chi connectivity index (χ0v) is 14.1. The molecule has 0 spiro atoms. The van der Waals surface area contributed by atoms with Crippen LogP contribution in [0.25, 0.3) is 0 Å². The van der Waals surface area contributed by atoms with Crippen LogP contribution in [0.15, 0.2) is 53.0 Å². The molecule has 1 unspecified atom stereocenters. The van der Waals surface area contributed by atoms with Gasteiger partial charge in [-0.15, -0.1) is 0 Å². The van der Waals surface area contributed by atoms with E-state index in [9.17, 15) is 0 Å². The molecule has 21 heavy (non-hydrogen) atoms. The number of hydrogen-bond acceptors (Lipinski definition) is 2. The van der Waals surface area contributed by atoms with Gasteiger partial charge in [-0.3, -0.25) is 4.90 Å². The Labute approximate surface area is 139 Å². The SMILES string of the molecule is Clc1ccc(NC2CCN(Cc3ccccc3)C2)c(Br)c1. The average Bonchev–Trinajstić information content (AvgIpc) is 2.90. The molecular formula is C17H18BrClN2. The van der Waals surface area contributed by atoms with Gasteiger partial charge in [0.15, 0.2) is 0 Å². The standard InChI is InChI=1S/C17H18BrClN2/c18-16-10-14(19)6-7-17(16)20-15-8-9-21(12-15)11-13-4-2-1-3-5-13/h1-7,10,15,20H,8-9,11-12H2. The summed E-state index contributed by atoms with van der Waals surface area (Å²) in [6.45, 7) is 3.24. The average molecular weight is 366 g/mol. The lowest BCUT2D eigenvalue weighted by atomic mass is 10.2. The highest BCUT2D eigenvalue weighted by molar-refractivity contribution is 9.10. The summed E-state index contributed by atoms with van der Waals surface area (Å²) in [6.07, 6.45) is 1.17. The van der Waals surface area contributed by atoms with E-state index >= 15 is 0 Å². The van der Waals surface area contributed by atoms with Crippen LogP contribution >= 0.6 is 27.5 Å². The first-order valence-electron chi connectivity index (χ1n) is 7.18. The van der Waals surface area contributed by atoms with Crippen LogP contribution in [-0.2, 0) is 6.54 Å².